The molecule has 0 spiro atoms. The number of allylic oxidation sites excluding steroid dienone is 1. The molecular weight excluding hydrogens is 593 g/mol. The summed E-state index contributed by atoms with van der Waals surface area (Å²) in [7, 11) is 1.21. The molecule has 5 rings (SSSR count). The Bertz CT molecular complexity index is 1650. The number of phenols is 1. The van der Waals surface area contributed by atoms with E-state index in [9.17, 15) is 9.90 Å². The molecule has 1 N–H and O–H groups in total. The van der Waals surface area contributed by atoms with Crippen LogP contribution in [-0.2, 0) is 11.0 Å². The number of phenolic OH excluding ortho intramolecular Hbond substituents is 1. The maximum Gasteiger partial charge on any atom is 0.201 e. The molecule has 7 heteroatoms. The predicted octanol–water partition coefficient (Wildman–Crippen LogP) is 9.58. The normalized spacial score (nSPS) is 19.4. The number of ketones is 1. The van der Waals surface area contributed by atoms with Crippen LogP contribution in [-0.4, -0.2) is 39.5 Å². The molecule has 246 valence electrons. The Labute approximate surface area is 275 Å². The van der Waals surface area contributed by atoms with Gasteiger partial charge in [-0.25, -0.2) is 0 Å². The molecule has 0 bridgehead atoms. The zero-order valence-electron chi connectivity index (χ0n) is 29.2. The fourth-order valence-corrected chi connectivity index (χ4v) is 8.21. The largest absolute Gasteiger partial charge is 0.507 e. The van der Waals surface area contributed by atoms with Gasteiger partial charge in [0.1, 0.15) is 29.6 Å². The number of rotatable bonds is 9. The van der Waals surface area contributed by atoms with Gasteiger partial charge in [-0.15, -0.1) is 0 Å². The first-order valence-electron chi connectivity index (χ1n) is 16.3. The lowest BCUT2D eigenvalue weighted by Crippen LogP contribution is -2.45. The minimum Gasteiger partial charge on any atom is -0.507 e. The van der Waals surface area contributed by atoms with Crippen molar-refractivity contribution < 1.29 is 28.5 Å². The van der Waals surface area contributed by atoms with Crippen molar-refractivity contribution in [2.75, 3.05) is 14.2 Å². The Morgan fingerprint density at radius 1 is 0.957 bits per heavy atom. The van der Waals surface area contributed by atoms with Crippen molar-refractivity contribution >= 4 is 14.1 Å². The summed E-state index contributed by atoms with van der Waals surface area (Å²) in [5.41, 5.74) is 5.72. The van der Waals surface area contributed by atoms with E-state index in [1.807, 2.05) is 36.4 Å². The second kappa shape index (κ2) is 12.6. The molecule has 0 aromatic heterocycles. The van der Waals surface area contributed by atoms with Gasteiger partial charge in [0.15, 0.2) is 8.32 Å². The van der Waals surface area contributed by atoms with Gasteiger partial charge in [-0.05, 0) is 84.6 Å². The topological polar surface area (TPSA) is 74.2 Å². The summed E-state index contributed by atoms with van der Waals surface area (Å²) < 4.78 is 25.1. The summed E-state index contributed by atoms with van der Waals surface area (Å²) in [5.74, 6) is 0.982. The van der Waals surface area contributed by atoms with Crippen molar-refractivity contribution in [1.82, 2.24) is 0 Å². The van der Waals surface area contributed by atoms with Gasteiger partial charge in [-0.3, -0.25) is 4.79 Å². The second-order valence-electron chi connectivity index (χ2n) is 15.0. The molecule has 46 heavy (non-hydrogen) atoms. The number of carbonyl (C=O) groups is 1. The Morgan fingerprint density at radius 2 is 1.65 bits per heavy atom. The zero-order valence-corrected chi connectivity index (χ0v) is 30.2. The Hall–Kier alpha value is -3.55. The summed E-state index contributed by atoms with van der Waals surface area (Å²) in [4.78, 5) is 14.4. The first-order chi connectivity index (χ1) is 21.6. The third-order valence-corrected chi connectivity index (χ3v) is 15.1. The number of hydrogen-bond acceptors (Lipinski definition) is 6. The monoisotopic (exact) mass is 642 g/mol. The van der Waals surface area contributed by atoms with E-state index < -0.39 is 8.32 Å². The number of fused-ring (bicyclic) bond motifs is 2. The van der Waals surface area contributed by atoms with Crippen LogP contribution < -0.4 is 14.2 Å². The van der Waals surface area contributed by atoms with Crippen molar-refractivity contribution in [3.8, 4) is 23.0 Å². The van der Waals surface area contributed by atoms with Gasteiger partial charge < -0.3 is 23.7 Å². The van der Waals surface area contributed by atoms with E-state index in [2.05, 4.69) is 54.6 Å². The third-order valence-electron chi connectivity index (χ3n) is 10.6. The van der Waals surface area contributed by atoms with Crippen LogP contribution >= 0.6 is 0 Å². The van der Waals surface area contributed by atoms with Crippen LogP contribution in [0, 0.1) is 5.41 Å². The molecular formula is C39H50O6Si. The molecule has 2 unspecified atom stereocenters. The van der Waals surface area contributed by atoms with E-state index in [-0.39, 0.29) is 39.6 Å². The quantitative estimate of drug-likeness (QED) is 0.185. The van der Waals surface area contributed by atoms with Crippen LogP contribution in [0.4, 0.5) is 0 Å². The molecule has 0 amide bonds. The molecule has 2 atom stereocenters. The van der Waals surface area contributed by atoms with Gasteiger partial charge in [0.25, 0.3) is 0 Å². The highest BCUT2D eigenvalue weighted by Crippen LogP contribution is 2.54. The van der Waals surface area contributed by atoms with Gasteiger partial charge in [-0.2, -0.15) is 0 Å². The Balaban J connectivity index is 1.69. The van der Waals surface area contributed by atoms with Gasteiger partial charge in [0.05, 0.1) is 31.5 Å². The average molecular weight is 643 g/mol. The van der Waals surface area contributed by atoms with E-state index in [4.69, 9.17) is 18.6 Å². The lowest BCUT2D eigenvalue weighted by atomic mass is 9.65. The molecule has 2 aliphatic rings. The molecule has 0 saturated heterocycles. The maximum absolute atomic E-state index is 14.4. The van der Waals surface area contributed by atoms with Crippen molar-refractivity contribution in [1.29, 1.82) is 0 Å². The highest BCUT2D eigenvalue weighted by atomic mass is 28.4. The van der Waals surface area contributed by atoms with Crippen LogP contribution in [0.1, 0.15) is 99.3 Å². The predicted molar refractivity (Wildman–Crippen MR) is 186 cm³/mol. The van der Waals surface area contributed by atoms with E-state index in [1.54, 1.807) is 32.4 Å². The van der Waals surface area contributed by atoms with Gasteiger partial charge >= 0.3 is 0 Å². The van der Waals surface area contributed by atoms with Gasteiger partial charge in [-0.1, -0.05) is 70.5 Å². The average Bonchev–Trinajstić information content (AvgIpc) is 3.00. The molecule has 0 heterocycles. The second-order valence-corrected chi connectivity index (χ2v) is 19.7. The van der Waals surface area contributed by atoms with Crippen LogP contribution in [0.2, 0.25) is 18.1 Å². The van der Waals surface area contributed by atoms with Crippen molar-refractivity contribution in [3.05, 3.63) is 93.6 Å². The maximum atomic E-state index is 14.4. The zero-order chi connectivity index (χ0) is 33.6. The van der Waals surface area contributed by atoms with E-state index >= 15 is 0 Å². The number of aromatic hydroxyl groups is 1. The fraction of sp³-hybridized carbons (Fsp3) is 0.462. The van der Waals surface area contributed by atoms with Crippen LogP contribution in [0.5, 0.6) is 23.0 Å². The summed E-state index contributed by atoms with van der Waals surface area (Å²) in [6.45, 7) is 18.6. The van der Waals surface area contributed by atoms with Crippen molar-refractivity contribution in [2.24, 2.45) is 5.41 Å². The van der Waals surface area contributed by atoms with E-state index in [0.717, 1.165) is 24.0 Å². The number of ether oxygens (including phenoxy) is 3. The first kappa shape index (κ1) is 33.8. The molecule has 2 aliphatic carbocycles. The summed E-state index contributed by atoms with van der Waals surface area (Å²) in [6, 6.07) is 16.9. The molecule has 0 radical (unpaired) electrons. The summed E-state index contributed by atoms with van der Waals surface area (Å²) >= 11 is 0. The van der Waals surface area contributed by atoms with Crippen molar-refractivity contribution in [2.45, 2.75) is 97.6 Å². The number of methoxy groups -OCH3 is 2. The Morgan fingerprint density at radius 3 is 2.28 bits per heavy atom. The van der Waals surface area contributed by atoms with Crippen LogP contribution in [0.3, 0.4) is 0 Å². The minimum absolute atomic E-state index is 0.0363. The Kier molecular flexibility index (Phi) is 9.24. The molecule has 0 fully saturated rings. The summed E-state index contributed by atoms with van der Waals surface area (Å²) in [6.07, 6.45) is 2.63. The number of carbonyl (C=O) groups excluding carboxylic acids is 1. The third kappa shape index (κ3) is 6.24. The summed E-state index contributed by atoms with van der Waals surface area (Å²) in [5, 5.41) is 11.3. The standard InChI is InChI=1S/C39H50O6Si/c1-24-29(39(5,6)19-18-31(24)45-46(9,10)38(2,3)4)22-28-27-20-26(42-7)21-33(44-23-25-14-12-11-13-15-25)35(27)37(41)36-30(40)16-17-32(43-8)34(28)36/h11-17,20-21,28,31,40H,18-19,22-23H2,1-10H3. The molecule has 3 aromatic rings. The minimum atomic E-state index is -2.03. The number of benzene rings is 3. The lowest BCUT2D eigenvalue weighted by Gasteiger charge is -2.45. The molecule has 0 saturated carbocycles. The van der Waals surface area contributed by atoms with E-state index in [0.29, 0.717) is 41.4 Å². The fourth-order valence-electron chi connectivity index (χ4n) is 6.85. The first-order valence-corrected chi connectivity index (χ1v) is 19.2. The molecule has 3 aromatic carbocycles. The highest BCUT2D eigenvalue weighted by Gasteiger charge is 2.44. The van der Waals surface area contributed by atoms with Gasteiger partial charge in [0.2, 0.25) is 5.78 Å². The van der Waals surface area contributed by atoms with E-state index in [1.165, 1.54) is 11.1 Å². The van der Waals surface area contributed by atoms with Gasteiger partial charge in [0, 0.05) is 17.5 Å². The lowest BCUT2D eigenvalue weighted by molar-refractivity contribution is 0.102. The van der Waals surface area contributed by atoms with Crippen molar-refractivity contribution in [3.63, 3.8) is 0 Å². The highest BCUT2D eigenvalue weighted by molar-refractivity contribution is 6.74. The van der Waals surface area contributed by atoms with Crippen LogP contribution in [0.15, 0.2) is 65.7 Å². The molecule has 0 aliphatic heterocycles. The molecule has 6 nitrogen and oxygen atoms in total. The number of hydrogen-bond donors (Lipinski definition) is 1. The SMILES string of the molecule is COc1cc(OCc2ccccc2)c2c(c1)C(CC1=C(C)C(O[Si](C)(C)C(C)(C)C)CCC1(C)C)c1c(OC)ccc(O)c1C2=O. The smallest absolute Gasteiger partial charge is 0.201 e. The van der Waals surface area contributed by atoms with Crippen LogP contribution in [0.25, 0.3) is 0 Å².